The van der Waals surface area contributed by atoms with E-state index in [1.165, 1.54) is 4.57 Å². The third-order valence-corrected chi connectivity index (χ3v) is 11.6. The van der Waals surface area contributed by atoms with Gasteiger partial charge in [0.05, 0.1) is 35.2 Å². The molecule has 14 heteroatoms. The van der Waals surface area contributed by atoms with Gasteiger partial charge in [0.1, 0.15) is 16.9 Å². The van der Waals surface area contributed by atoms with E-state index < -0.39 is 24.1 Å². The molecule has 0 radical (unpaired) electrons. The van der Waals surface area contributed by atoms with Crippen molar-refractivity contribution in [2.75, 3.05) is 35.2 Å². The molecule has 2 aliphatic heterocycles. The van der Waals surface area contributed by atoms with Crippen molar-refractivity contribution in [2.45, 2.75) is 57.1 Å². The number of halogens is 3. The molecule has 51 heavy (non-hydrogen) atoms. The minimum atomic E-state index is -3.12. The molecule has 9 rings (SSSR count). The maximum Gasteiger partial charge on any atom is 0.301 e. The number of pyridine rings is 1. The molecule has 3 atom stereocenters. The third-order valence-electron chi connectivity index (χ3n) is 11.3. The maximum absolute atomic E-state index is 15.1. The minimum Gasteiger partial charge on any atom is -0.490 e. The van der Waals surface area contributed by atoms with Crippen LogP contribution in [0.25, 0.3) is 21.8 Å². The first-order chi connectivity index (χ1) is 24.5. The lowest BCUT2D eigenvalue weighted by molar-refractivity contribution is -0.0579. The number of aromatic nitrogens is 5. The van der Waals surface area contributed by atoms with E-state index in [9.17, 15) is 4.79 Å². The van der Waals surface area contributed by atoms with Crippen molar-refractivity contribution in [3.63, 3.8) is 0 Å². The number of nitrogens with zero attached hydrogens (tertiary/aromatic N) is 6. The quantitative estimate of drug-likeness (QED) is 0.194. The summed E-state index contributed by atoms with van der Waals surface area (Å²) < 4.78 is 45.5. The number of hydrogen-bond donors (Lipinski definition) is 2. The Hall–Kier alpha value is -4.65. The van der Waals surface area contributed by atoms with E-state index in [4.69, 9.17) is 26.1 Å². The number of anilines is 4. The highest BCUT2D eigenvalue weighted by Gasteiger charge is 2.51. The zero-order valence-electron chi connectivity index (χ0n) is 28.6. The van der Waals surface area contributed by atoms with Crippen LogP contribution in [0.3, 0.4) is 0 Å². The number of rotatable bonds is 6. The Morgan fingerprint density at radius 2 is 1.90 bits per heavy atom. The molecule has 266 valence electrons. The summed E-state index contributed by atoms with van der Waals surface area (Å²) in [7, 11) is 3.55. The average Bonchev–Trinajstić information content (AvgIpc) is 3.89. The monoisotopic (exact) mass is 716 g/mol. The molecule has 0 bridgehead atoms. The van der Waals surface area contributed by atoms with Crippen molar-refractivity contribution >= 4 is 56.5 Å². The van der Waals surface area contributed by atoms with Crippen molar-refractivity contribution in [3.05, 3.63) is 64.2 Å². The molecule has 0 unspecified atom stereocenters. The van der Waals surface area contributed by atoms with E-state index in [2.05, 4.69) is 44.7 Å². The molecule has 1 spiro atoms. The van der Waals surface area contributed by atoms with Gasteiger partial charge in [-0.05, 0) is 74.3 Å². The summed E-state index contributed by atoms with van der Waals surface area (Å²) in [5.74, 6) is -1.10. The van der Waals surface area contributed by atoms with Gasteiger partial charge in [0, 0.05) is 55.1 Å². The van der Waals surface area contributed by atoms with Crippen LogP contribution < -0.4 is 30.6 Å². The van der Waals surface area contributed by atoms with Crippen molar-refractivity contribution < 1.29 is 18.3 Å². The number of benzene rings is 2. The largest absolute Gasteiger partial charge is 0.490 e. The first-order valence-corrected chi connectivity index (χ1v) is 17.9. The van der Waals surface area contributed by atoms with Gasteiger partial charge in [-0.15, -0.1) is 0 Å². The topological polar surface area (TPSA) is 111 Å². The fraction of sp³-hybridized carbons (Fsp3) is 0.459. The Morgan fingerprint density at radius 3 is 2.69 bits per heavy atom. The van der Waals surface area contributed by atoms with Crippen LogP contribution in [0.4, 0.5) is 31.9 Å². The Kier molecular flexibility index (Phi) is 7.40. The molecule has 4 aliphatic rings. The van der Waals surface area contributed by atoms with Gasteiger partial charge in [-0.1, -0.05) is 18.5 Å². The normalized spacial score (nSPS) is 23.6. The number of nitrogens with one attached hydrogen (secondary N) is 2. The van der Waals surface area contributed by atoms with Crippen LogP contribution >= 0.6 is 11.6 Å². The first-order valence-electron chi connectivity index (χ1n) is 17.5. The SMILES string of the molecule is C[C@H]1CC2(CC[C@H]1Oc1ccc3cnn(C)c3c1)CN(c1ncc(Cl)c(Nc3ccc4c(c3)c3c(c(=O)n4C)OCC(F)(F)[C@H](C4CC4)N3)n1)C2. The minimum absolute atomic E-state index is 0.0971. The standard InChI is InChI=1S/C37H39ClF2N8O3/c1-20-14-36(11-10-29(20)51-24-8-6-22-15-42-47(3)28(22)13-24)17-48(18-36)35-41-16-26(38)33(45-35)43-23-7-9-27-25(12-23)30-31(34(49)46(27)2)50-19-37(39,40)32(44-30)21-4-5-21/h6-9,12-13,15-16,20-21,29,32,44H,4-5,10-11,14,17-19H2,1-3H3,(H,41,43,45)/t20-,29+,32-/m0/s1. The first kappa shape index (κ1) is 32.3. The average molecular weight is 717 g/mol. The highest BCUT2D eigenvalue weighted by molar-refractivity contribution is 6.33. The summed E-state index contributed by atoms with van der Waals surface area (Å²) in [6.07, 6.45) is 8.11. The summed E-state index contributed by atoms with van der Waals surface area (Å²) in [6.45, 7) is 3.12. The van der Waals surface area contributed by atoms with Crippen LogP contribution in [0, 0.1) is 17.3 Å². The predicted octanol–water partition coefficient (Wildman–Crippen LogP) is 6.90. The van der Waals surface area contributed by atoms with Gasteiger partial charge in [-0.2, -0.15) is 10.1 Å². The summed E-state index contributed by atoms with van der Waals surface area (Å²) in [4.78, 5) is 24.7. The van der Waals surface area contributed by atoms with Gasteiger partial charge in [0.2, 0.25) is 11.7 Å². The highest BCUT2D eigenvalue weighted by atomic mass is 35.5. The van der Waals surface area contributed by atoms with Crippen LogP contribution in [0.5, 0.6) is 11.5 Å². The Bertz CT molecular complexity index is 2250. The number of aryl methyl sites for hydroxylation is 2. The molecule has 3 fully saturated rings. The van der Waals surface area contributed by atoms with Crippen molar-refractivity contribution in [1.82, 2.24) is 24.3 Å². The smallest absolute Gasteiger partial charge is 0.301 e. The lowest BCUT2D eigenvalue weighted by atomic mass is 9.64. The van der Waals surface area contributed by atoms with E-state index >= 15 is 8.78 Å². The summed E-state index contributed by atoms with van der Waals surface area (Å²) >= 11 is 6.60. The fourth-order valence-electron chi connectivity index (χ4n) is 8.41. The summed E-state index contributed by atoms with van der Waals surface area (Å²) in [5.41, 5.74) is 2.27. The van der Waals surface area contributed by atoms with E-state index in [1.54, 1.807) is 19.3 Å². The van der Waals surface area contributed by atoms with Crippen molar-refractivity contribution in [1.29, 1.82) is 0 Å². The molecule has 1 saturated heterocycles. The van der Waals surface area contributed by atoms with Crippen LogP contribution in [0.1, 0.15) is 39.0 Å². The Morgan fingerprint density at radius 1 is 1.08 bits per heavy atom. The molecule has 0 amide bonds. The van der Waals surface area contributed by atoms with Gasteiger partial charge in [0.15, 0.2) is 12.4 Å². The summed E-state index contributed by atoms with van der Waals surface area (Å²) in [6, 6.07) is 10.4. The van der Waals surface area contributed by atoms with Crippen molar-refractivity contribution in [2.24, 2.45) is 31.3 Å². The maximum atomic E-state index is 15.1. The number of fused-ring (bicyclic) bond motifs is 4. The van der Waals surface area contributed by atoms with E-state index in [1.807, 2.05) is 36.1 Å². The van der Waals surface area contributed by atoms with Crippen LogP contribution in [0.2, 0.25) is 5.02 Å². The molecule has 2 N–H and O–H groups in total. The lowest BCUT2D eigenvalue weighted by Gasteiger charge is -2.55. The van der Waals surface area contributed by atoms with Gasteiger partial charge in [-0.25, -0.2) is 13.8 Å². The predicted molar refractivity (Wildman–Crippen MR) is 193 cm³/mol. The second kappa shape index (κ2) is 11.7. The molecule has 2 saturated carbocycles. The molecule has 5 heterocycles. The molecule has 2 aliphatic carbocycles. The van der Waals surface area contributed by atoms with Gasteiger partial charge in [0.25, 0.3) is 5.56 Å². The molecular weight excluding hydrogens is 678 g/mol. The van der Waals surface area contributed by atoms with Crippen molar-refractivity contribution in [3.8, 4) is 11.5 Å². The zero-order valence-corrected chi connectivity index (χ0v) is 29.4. The third kappa shape index (κ3) is 5.60. The van der Waals surface area contributed by atoms with Gasteiger partial charge in [-0.3, -0.25) is 9.48 Å². The molecule has 2 aromatic carbocycles. The highest BCUT2D eigenvalue weighted by Crippen LogP contribution is 2.49. The van der Waals surface area contributed by atoms with Crippen LogP contribution in [-0.4, -0.2) is 62.1 Å². The lowest BCUT2D eigenvalue weighted by Crippen LogP contribution is -2.60. The molecule has 5 aromatic rings. The van der Waals surface area contributed by atoms with Gasteiger partial charge >= 0.3 is 5.92 Å². The second-order valence-electron chi connectivity index (χ2n) is 15.0. The van der Waals surface area contributed by atoms with Gasteiger partial charge < -0.3 is 29.6 Å². The Labute approximate surface area is 297 Å². The Balaban J connectivity index is 0.910. The van der Waals surface area contributed by atoms with Crippen LogP contribution in [-0.2, 0) is 14.1 Å². The van der Waals surface area contributed by atoms with E-state index in [0.717, 1.165) is 49.0 Å². The molecule has 11 nitrogen and oxygen atoms in total. The van der Waals surface area contributed by atoms with E-state index in [0.29, 0.717) is 52.1 Å². The van der Waals surface area contributed by atoms with Crippen LogP contribution in [0.15, 0.2) is 53.6 Å². The molecular formula is C37H39ClF2N8O3. The number of alkyl halides is 2. The second-order valence-corrected chi connectivity index (χ2v) is 15.4. The summed E-state index contributed by atoms with van der Waals surface area (Å²) in [5, 5.41) is 12.7. The zero-order chi connectivity index (χ0) is 35.2. The fourth-order valence-corrected chi connectivity index (χ4v) is 8.55. The molecule has 3 aromatic heterocycles. The van der Waals surface area contributed by atoms with E-state index in [-0.39, 0.29) is 28.9 Å². The number of hydrogen-bond acceptors (Lipinski definition) is 9. The number of ether oxygens (including phenoxy) is 2.